The molecule has 0 aliphatic heterocycles. The number of carbonyl (C=O) groups is 2. The molecule has 1 atom stereocenters. The monoisotopic (exact) mass is 229 g/mol. The zero-order valence-corrected chi connectivity index (χ0v) is 11.1. The molecule has 0 heterocycles. The fourth-order valence-electron chi connectivity index (χ4n) is 1.29. The molecule has 0 spiro atoms. The quantitative estimate of drug-likeness (QED) is 0.749. The first-order chi connectivity index (χ1) is 7.11. The summed E-state index contributed by atoms with van der Waals surface area (Å²) in [5.41, 5.74) is -0.313. The fourth-order valence-corrected chi connectivity index (χ4v) is 1.29. The number of hydrogen-bond acceptors (Lipinski definition) is 3. The van der Waals surface area contributed by atoms with Crippen LogP contribution < -0.4 is 5.32 Å². The third kappa shape index (κ3) is 7.26. The number of esters is 1. The molecule has 0 saturated heterocycles. The number of hydrogen-bond donors (Lipinski definition) is 1. The Kier molecular flexibility index (Phi) is 5.48. The standard InChI is InChI=1S/C12H23NO3/c1-8(2)7-10(16-9(3)14)11(15)13-12(4,5)6/h8,10H,7H2,1-6H3,(H,13,15). The van der Waals surface area contributed by atoms with Crippen molar-refractivity contribution in [1.82, 2.24) is 5.32 Å². The third-order valence-electron chi connectivity index (χ3n) is 1.78. The Hall–Kier alpha value is -1.06. The van der Waals surface area contributed by atoms with Crippen molar-refractivity contribution in [3.63, 3.8) is 0 Å². The molecule has 4 heteroatoms. The van der Waals surface area contributed by atoms with Crippen LogP contribution in [0.5, 0.6) is 0 Å². The van der Waals surface area contributed by atoms with E-state index in [0.717, 1.165) is 0 Å². The highest BCUT2D eigenvalue weighted by Gasteiger charge is 2.25. The lowest BCUT2D eigenvalue weighted by atomic mass is 10.0. The van der Waals surface area contributed by atoms with Crippen LogP contribution >= 0.6 is 0 Å². The molecule has 0 saturated carbocycles. The summed E-state index contributed by atoms with van der Waals surface area (Å²) in [5.74, 6) is -0.346. The van der Waals surface area contributed by atoms with Gasteiger partial charge in [0.25, 0.3) is 5.91 Å². The Morgan fingerprint density at radius 3 is 2.06 bits per heavy atom. The van der Waals surface area contributed by atoms with Gasteiger partial charge in [-0.1, -0.05) is 13.8 Å². The first-order valence-corrected chi connectivity index (χ1v) is 5.61. The third-order valence-corrected chi connectivity index (χ3v) is 1.78. The second-order valence-electron chi connectivity index (χ2n) is 5.47. The first kappa shape index (κ1) is 14.9. The van der Waals surface area contributed by atoms with Crippen LogP contribution in [-0.2, 0) is 14.3 Å². The van der Waals surface area contributed by atoms with Crippen molar-refractivity contribution in [2.75, 3.05) is 0 Å². The fraction of sp³-hybridized carbons (Fsp3) is 0.833. The van der Waals surface area contributed by atoms with E-state index >= 15 is 0 Å². The Balaban J connectivity index is 4.49. The van der Waals surface area contributed by atoms with Crippen LogP contribution in [-0.4, -0.2) is 23.5 Å². The summed E-state index contributed by atoms with van der Waals surface area (Å²) in [7, 11) is 0. The van der Waals surface area contributed by atoms with Crippen molar-refractivity contribution in [1.29, 1.82) is 0 Å². The van der Waals surface area contributed by atoms with Crippen LogP contribution in [0, 0.1) is 5.92 Å². The van der Waals surface area contributed by atoms with Crippen LogP contribution in [0.4, 0.5) is 0 Å². The maximum atomic E-state index is 11.8. The molecule has 16 heavy (non-hydrogen) atoms. The predicted molar refractivity (Wildman–Crippen MR) is 62.9 cm³/mol. The number of nitrogens with one attached hydrogen (secondary N) is 1. The van der Waals surface area contributed by atoms with Gasteiger partial charge in [0.15, 0.2) is 6.10 Å². The van der Waals surface area contributed by atoms with Crippen molar-refractivity contribution in [2.45, 2.75) is 59.6 Å². The van der Waals surface area contributed by atoms with Gasteiger partial charge in [0, 0.05) is 12.5 Å². The van der Waals surface area contributed by atoms with Gasteiger partial charge in [0.05, 0.1) is 0 Å². The number of carbonyl (C=O) groups excluding carboxylic acids is 2. The smallest absolute Gasteiger partial charge is 0.303 e. The molecule has 0 rings (SSSR count). The topological polar surface area (TPSA) is 55.4 Å². The van der Waals surface area contributed by atoms with Crippen LogP contribution in [0.2, 0.25) is 0 Å². The number of amides is 1. The van der Waals surface area contributed by atoms with Gasteiger partial charge in [0.2, 0.25) is 0 Å². The van der Waals surface area contributed by atoms with Gasteiger partial charge in [-0.15, -0.1) is 0 Å². The molecule has 1 N–H and O–H groups in total. The second kappa shape index (κ2) is 5.87. The van der Waals surface area contributed by atoms with Crippen LogP contribution in [0.25, 0.3) is 0 Å². The molecule has 1 amide bonds. The summed E-state index contributed by atoms with van der Waals surface area (Å²) in [6.45, 7) is 11.0. The number of rotatable bonds is 4. The summed E-state index contributed by atoms with van der Waals surface area (Å²) in [6, 6.07) is 0. The highest BCUT2D eigenvalue weighted by atomic mass is 16.5. The van der Waals surface area contributed by atoms with Crippen molar-refractivity contribution >= 4 is 11.9 Å². The van der Waals surface area contributed by atoms with E-state index in [-0.39, 0.29) is 11.4 Å². The van der Waals surface area contributed by atoms with Gasteiger partial charge in [0.1, 0.15) is 0 Å². The van der Waals surface area contributed by atoms with Gasteiger partial charge in [-0.3, -0.25) is 9.59 Å². The second-order valence-corrected chi connectivity index (χ2v) is 5.47. The molecule has 0 aromatic heterocycles. The lowest BCUT2D eigenvalue weighted by Crippen LogP contribution is -2.47. The maximum Gasteiger partial charge on any atom is 0.303 e. The summed E-state index contributed by atoms with van der Waals surface area (Å²) >= 11 is 0. The van der Waals surface area contributed by atoms with E-state index in [9.17, 15) is 9.59 Å². The van der Waals surface area contributed by atoms with Gasteiger partial charge >= 0.3 is 5.97 Å². The van der Waals surface area contributed by atoms with E-state index < -0.39 is 12.1 Å². The molecule has 0 aliphatic rings. The molecule has 0 bridgehead atoms. The van der Waals surface area contributed by atoms with Crippen LogP contribution in [0.15, 0.2) is 0 Å². The first-order valence-electron chi connectivity index (χ1n) is 5.61. The minimum absolute atomic E-state index is 0.226. The highest BCUT2D eigenvalue weighted by molar-refractivity contribution is 5.83. The Morgan fingerprint density at radius 2 is 1.75 bits per heavy atom. The van der Waals surface area contributed by atoms with Crippen molar-refractivity contribution < 1.29 is 14.3 Å². The lowest BCUT2D eigenvalue weighted by molar-refractivity contribution is -0.155. The largest absolute Gasteiger partial charge is 0.452 e. The lowest BCUT2D eigenvalue weighted by Gasteiger charge is -2.25. The summed E-state index contributed by atoms with van der Waals surface area (Å²) < 4.78 is 5.02. The minimum atomic E-state index is -0.684. The Morgan fingerprint density at radius 1 is 1.25 bits per heavy atom. The Bertz CT molecular complexity index is 253. The zero-order chi connectivity index (χ0) is 12.9. The van der Waals surface area contributed by atoms with Crippen molar-refractivity contribution in [3.05, 3.63) is 0 Å². The summed E-state index contributed by atoms with van der Waals surface area (Å²) in [5, 5.41) is 2.81. The molecule has 94 valence electrons. The highest BCUT2D eigenvalue weighted by Crippen LogP contribution is 2.10. The molecule has 4 nitrogen and oxygen atoms in total. The average molecular weight is 229 g/mol. The van der Waals surface area contributed by atoms with E-state index in [4.69, 9.17) is 4.74 Å². The molecular weight excluding hydrogens is 206 g/mol. The van der Waals surface area contributed by atoms with E-state index in [2.05, 4.69) is 5.32 Å². The molecule has 0 aromatic rings. The molecule has 0 fully saturated rings. The maximum absolute atomic E-state index is 11.8. The van der Waals surface area contributed by atoms with Gasteiger partial charge in [-0.25, -0.2) is 0 Å². The molecule has 0 aromatic carbocycles. The molecule has 0 aliphatic carbocycles. The van der Waals surface area contributed by atoms with Crippen LogP contribution in [0.3, 0.4) is 0 Å². The van der Waals surface area contributed by atoms with Crippen LogP contribution in [0.1, 0.15) is 48.0 Å². The van der Waals surface area contributed by atoms with Crippen molar-refractivity contribution in [2.24, 2.45) is 5.92 Å². The number of ether oxygens (including phenoxy) is 1. The predicted octanol–water partition coefficient (Wildman–Crippen LogP) is 1.88. The normalized spacial score (nSPS) is 13.4. The minimum Gasteiger partial charge on any atom is -0.452 e. The zero-order valence-electron chi connectivity index (χ0n) is 11.1. The Labute approximate surface area is 97.7 Å². The molecule has 1 unspecified atom stereocenters. The average Bonchev–Trinajstić information content (AvgIpc) is 1.97. The van der Waals surface area contributed by atoms with Gasteiger partial charge in [-0.2, -0.15) is 0 Å². The van der Waals surface area contributed by atoms with E-state index in [1.165, 1.54) is 6.92 Å². The SMILES string of the molecule is CC(=O)OC(CC(C)C)C(=O)NC(C)(C)C. The van der Waals surface area contributed by atoms with Gasteiger partial charge < -0.3 is 10.1 Å². The summed E-state index contributed by atoms with van der Waals surface area (Å²) in [4.78, 5) is 22.7. The van der Waals surface area contributed by atoms with E-state index in [1.807, 2.05) is 34.6 Å². The molecule has 0 radical (unpaired) electrons. The summed E-state index contributed by atoms with van der Waals surface area (Å²) in [6.07, 6.45) is -0.140. The van der Waals surface area contributed by atoms with E-state index in [1.54, 1.807) is 0 Å². The van der Waals surface area contributed by atoms with Crippen molar-refractivity contribution in [3.8, 4) is 0 Å². The van der Waals surface area contributed by atoms with Gasteiger partial charge in [-0.05, 0) is 33.1 Å². The molecular formula is C12H23NO3. The van der Waals surface area contributed by atoms with E-state index in [0.29, 0.717) is 12.3 Å².